The van der Waals surface area contributed by atoms with Crippen molar-refractivity contribution < 1.29 is 9.52 Å². The molecule has 2 atom stereocenters. The first kappa shape index (κ1) is 20.0. The van der Waals surface area contributed by atoms with Crippen molar-refractivity contribution in [3.63, 3.8) is 0 Å². The Balaban J connectivity index is 2.04. The molecule has 2 aromatic rings. The number of guanidine groups is 1. The second-order valence-electron chi connectivity index (χ2n) is 6.96. The summed E-state index contributed by atoms with van der Waals surface area (Å²) in [6.07, 6.45) is 5.26. The minimum atomic E-state index is -1.15. The zero-order valence-corrected chi connectivity index (χ0v) is 16.1. The SMILES string of the molecule is CCNC(=NCC(C)(O)c1ccco1)NCC(c1cccnc1)C(C)C. The van der Waals surface area contributed by atoms with Crippen molar-refractivity contribution in [2.75, 3.05) is 19.6 Å². The van der Waals surface area contributed by atoms with E-state index in [0.29, 0.717) is 23.6 Å². The van der Waals surface area contributed by atoms with Crippen LogP contribution in [0.25, 0.3) is 0 Å². The van der Waals surface area contributed by atoms with Gasteiger partial charge in [-0.25, -0.2) is 4.99 Å². The molecule has 0 saturated carbocycles. The van der Waals surface area contributed by atoms with Crippen LogP contribution in [0.15, 0.2) is 52.3 Å². The van der Waals surface area contributed by atoms with Gasteiger partial charge < -0.3 is 20.2 Å². The molecule has 0 aromatic carbocycles. The normalized spacial score (nSPS) is 15.5. The zero-order chi connectivity index (χ0) is 19.0. The lowest BCUT2D eigenvalue weighted by Crippen LogP contribution is -2.41. The molecule has 0 aliphatic rings. The molecular formula is C20H30N4O2. The monoisotopic (exact) mass is 358 g/mol. The molecule has 0 radical (unpaired) electrons. The number of pyridine rings is 1. The lowest BCUT2D eigenvalue weighted by atomic mass is 9.89. The van der Waals surface area contributed by atoms with Crippen LogP contribution in [-0.2, 0) is 5.60 Å². The number of hydrogen-bond donors (Lipinski definition) is 3. The molecule has 6 heteroatoms. The Morgan fingerprint density at radius 2 is 2.12 bits per heavy atom. The quantitative estimate of drug-likeness (QED) is 0.499. The first-order chi connectivity index (χ1) is 12.4. The van der Waals surface area contributed by atoms with E-state index in [9.17, 15) is 5.11 Å². The zero-order valence-electron chi connectivity index (χ0n) is 16.1. The van der Waals surface area contributed by atoms with Crippen molar-refractivity contribution in [1.82, 2.24) is 15.6 Å². The molecule has 0 spiro atoms. The van der Waals surface area contributed by atoms with Gasteiger partial charge in [0.25, 0.3) is 0 Å². The number of nitrogens with zero attached hydrogens (tertiary/aromatic N) is 2. The number of rotatable bonds is 8. The van der Waals surface area contributed by atoms with Crippen molar-refractivity contribution in [3.05, 3.63) is 54.2 Å². The van der Waals surface area contributed by atoms with Crippen LogP contribution in [0.1, 0.15) is 44.9 Å². The smallest absolute Gasteiger partial charge is 0.191 e. The van der Waals surface area contributed by atoms with Gasteiger partial charge in [0, 0.05) is 31.4 Å². The molecule has 26 heavy (non-hydrogen) atoms. The molecule has 0 saturated heterocycles. The minimum absolute atomic E-state index is 0.203. The van der Waals surface area contributed by atoms with Gasteiger partial charge in [0.05, 0.1) is 12.8 Å². The van der Waals surface area contributed by atoms with Crippen LogP contribution >= 0.6 is 0 Å². The molecule has 2 heterocycles. The van der Waals surface area contributed by atoms with Crippen LogP contribution in [0.4, 0.5) is 0 Å². The Labute approximate surface area is 155 Å². The predicted molar refractivity (Wildman–Crippen MR) is 104 cm³/mol. The topological polar surface area (TPSA) is 82.7 Å². The summed E-state index contributed by atoms with van der Waals surface area (Å²) in [6.45, 7) is 9.80. The highest BCUT2D eigenvalue weighted by Gasteiger charge is 2.26. The van der Waals surface area contributed by atoms with Crippen LogP contribution in [0, 0.1) is 5.92 Å². The maximum Gasteiger partial charge on any atom is 0.191 e. The van der Waals surface area contributed by atoms with E-state index in [0.717, 1.165) is 13.1 Å². The van der Waals surface area contributed by atoms with E-state index in [2.05, 4.69) is 40.5 Å². The summed E-state index contributed by atoms with van der Waals surface area (Å²) in [7, 11) is 0. The summed E-state index contributed by atoms with van der Waals surface area (Å²) < 4.78 is 5.31. The number of aliphatic hydroxyl groups is 1. The Bertz CT molecular complexity index is 666. The molecule has 3 N–H and O–H groups in total. The highest BCUT2D eigenvalue weighted by Crippen LogP contribution is 2.23. The van der Waals surface area contributed by atoms with Gasteiger partial charge in [-0.3, -0.25) is 4.98 Å². The standard InChI is InChI=1S/C20H30N4O2/c1-5-22-19(24-14-20(4,25)18-9-7-11-26-18)23-13-17(15(2)3)16-8-6-10-21-12-16/h6-12,15,17,25H,5,13-14H2,1-4H3,(H2,22,23,24). The number of aliphatic imine (C=N–C) groups is 1. The van der Waals surface area contributed by atoms with E-state index in [-0.39, 0.29) is 6.54 Å². The van der Waals surface area contributed by atoms with E-state index in [1.54, 1.807) is 31.5 Å². The molecule has 6 nitrogen and oxygen atoms in total. The fourth-order valence-corrected chi connectivity index (χ4v) is 2.78. The van der Waals surface area contributed by atoms with Crippen molar-refractivity contribution in [2.45, 2.75) is 39.2 Å². The third-order valence-corrected chi connectivity index (χ3v) is 4.35. The summed E-state index contributed by atoms with van der Waals surface area (Å²) in [5.41, 5.74) is 0.0561. The third kappa shape index (κ3) is 5.59. The highest BCUT2D eigenvalue weighted by atomic mass is 16.4. The van der Waals surface area contributed by atoms with E-state index in [1.165, 1.54) is 5.56 Å². The average Bonchev–Trinajstić information content (AvgIpc) is 3.16. The molecule has 0 aliphatic heterocycles. The van der Waals surface area contributed by atoms with Crippen molar-refractivity contribution >= 4 is 5.96 Å². The third-order valence-electron chi connectivity index (χ3n) is 4.35. The molecule has 0 fully saturated rings. The first-order valence-electron chi connectivity index (χ1n) is 9.12. The number of nitrogens with one attached hydrogen (secondary N) is 2. The van der Waals surface area contributed by atoms with E-state index >= 15 is 0 Å². The van der Waals surface area contributed by atoms with Crippen LogP contribution < -0.4 is 10.6 Å². The summed E-state index contributed by atoms with van der Waals surface area (Å²) in [5, 5.41) is 17.2. The van der Waals surface area contributed by atoms with Crippen LogP contribution in [0.2, 0.25) is 0 Å². The fraction of sp³-hybridized carbons (Fsp3) is 0.500. The molecular weight excluding hydrogens is 328 g/mol. The van der Waals surface area contributed by atoms with Gasteiger partial charge in [-0.05, 0) is 43.5 Å². The fourth-order valence-electron chi connectivity index (χ4n) is 2.78. The van der Waals surface area contributed by atoms with Crippen molar-refractivity contribution in [1.29, 1.82) is 0 Å². The summed E-state index contributed by atoms with van der Waals surface area (Å²) in [6, 6.07) is 7.58. The number of hydrogen-bond acceptors (Lipinski definition) is 4. The Kier molecular flexibility index (Phi) is 7.21. The molecule has 0 bridgehead atoms. The van der Waals surface area contributed by atoms with Crippen LogP contribution in [0.3, 0.4) is 0 Å². The molecule has 0 aliphatic carbocycles. The minimum Gasteiger partial charge on any atom is -0.466 e. The molecule has 2 unspecified atom stereocenters. The predicted octanol–water partition coefficient (Wildman–Crippen LogP) is 2.88. The van der Waals surface area contributed by atoms with Gasteiger partial charge in [0.1, 0.15) is 11.4 Å². The van der Waals surface area contributed by atoms with Gasteiger partial charge in [-0.1, -0.05) is 19.9 Å². The second-order valence-corrected chi connectivity index (χ2v) is 6.96. The molecule has 2 rings (SSSR count). The molecule has 142 valence electrons. The Morgan fingerprint density at radius 1 is 1.31 bits per heavy atom. The highest BCUT2D eigenvalue weighted by molar-refractivity contribution is 5.79. The van der Waals surface area contributed by atoms with Gasteiger partial charge in [-0.2, -0.15) is 0 Å². The summed E-state index contributed by atoms with van der Waals surface area (Å²) in [4.78, 5) is 8.77. The van der Waals surface area contributed by atoms with Crippen molar-refractivity contribution in [3.8, 4) is 0 Å². The Morgan fingerprint density at radius 3 is 2.69 bits per heavy atom. The lowest BCUT2D eigenvalue weighted by molar-refractivity contribution is 0.0437. The number of furan rings is 1. The molecule has 0 amide bonds. The maximum absolute atomic E-state index is 10.6. The summed E-state index contributed by atoms with van der Waals surface area (Å²) in [5.74, 6) is 1.96. The van der Waals surface area contributed by atoms with Gasteiger partial charge >= 0.3 is 0 Å². The maximum atomic E-state index is 10.6. The summed E-state index contributed by atoms with van der Waals surface area (Å²) >= 11 is 0. The van der Waals surface area contributed by atoms with E-state index in [4.69, 9.17) is 4.42 Å². The van der Waals surface area contributed by atoms with Gasteiger partial charge in [0.2, 0.25) is 0 Å². The van der Waals surface area contributed by atoms with Gasteiger partial charge in [-0.15, -0.1) is 0 Å². The first-order valence-corrected chi connectivity index (χ1v) is 9.12. The molecule has 2 aromatic heterocycles. The van der Waals surface area contributed by atoms with Gasteiger partial charge in [0.15, 0.2) is 5.96 Å². The second kappa shape index (κ2) is 9.38. The van der Waals surface area contributed by atoms with E-state index in [1.807, 2.05) is 19.2 Å². The average molecular weight is 358 g/mol. The van der Waals surface area contributed by atoms with Crippen LogP contribution in [0.5, 0.6) is 0 Å². The lowest BCUT2D eigenvalue weighted by Gasteiger charge is -2.24. The van der Waals surface area contributed by atoms with Crippen LogP contribution in [-0.4, -0.2) is 35.7 Å². The Hall–Kier alpha value is -2.34. The number of aromatic nitrogens is 1. The van der Waals surface area contributed by atoms with E-state index < -0.39 is 5.60 Å². The van der Waals surface area contributed by atoms with Crippen molar-refractivity contribution in [2.24, 2.45) is 10.9 Å². The largest absolute Gasteiger partial charge is 0.466 e.